The van der Waals surface area contributed by atoms with E-state index in [1.54, 1.807) is 19.1 Å². The quantitative estimate of drug-likeness (QED) is 0.822. The van der Waals surface area contributed by atoms with Crippen LogP contribution in [0.5, 0.6) is 0 Å². The Bertz CT molecular complexity index is 650. The van der Waals surface area contributed by atoms with Gasteiger partial charge in [-0.2, -0.15) is 0 Å². The smallest absolute Gasteiger partial charge is 0.234 e. The Morgan fingerprint density at radius 2 is 1.95 bits per heavy atom. The van der Waals surface area contributed by atoms with Crippen LogP contribution in [0.4, 0.5) is 10.8 Å². The fourth-order valence-corrected chi connectivity index (χ4v) is 3.55. The topological polar surface area (TPSA) is 98.0 Å². The van der Waals surface area contributed by atoms with E-state index in [4.69, 9.17) is 5.73 Å². The Kier molecular flexibility index (Phi) is 4.01. The highest BCUT2D eigenvalue weighted by Gasteiger charge is 2.13. The highest BCUT2D eigenvalue weighted by molar-refractivity contribution is 7.92. The van der Waals surface area contributed by atoms with Gasteiger partial charge in [-0.15, -0.1) is 10.2 Å². The second kappa shape index (κ2) is 5.54. The lowest BCUT2D eigenvalue weighted by Crippen LogP contribution is -2.15. The van der Waals surface area contributed by atoms with Gasteiger partial charge in [0.15, 0.2) is 0 Å². The molecule has 0 saturated carbocycles. The number of nitrogens with two attached hydrogens (primary N) is 1. The highest BCUT2D eigenvalue weighted by atomic mass is 32.2. The van der Waals surface area contributed by atoms with Gasteiger partial charge in [0.05, 0.1) is 5.75 Å². The maximum atomic E-state index is 11.6. The van der Waals surface area contributed by atoms with E-state index in [0.717, 1.165) is 5.56 Å². The van der Waals surface area contributed by atoms with E-state index in [1.165, 1.54) is 11.3 Å². The number of sulfonamides is 1. The average molecular weight is 298 g/mol. The van der Waals surface area contributed by atoms with Crippen molar-refractivity contribution in [3.8, 4) is 10.6 Å². The van der Waals surface area contributed by atoms with Crippen LogP contribution in [0.3, 0.4) is 0 Å². The van der Waals surface area contributed by atoms with Crippen LogP contribution in [-0.2, 0) is 10.0 Å². The van der Waals surface area contributed by atoms with Gasteiger partial charge in [0, 0.05) is 11.3 Å². The molecule has 8 heteroatoms. The zero-order valence-corrected chi connectivity index (χ0v) is 12.0. The number of anilines is 2. The van der Waals surface area contributed by atoms with E-state index in [2.05, 4.69) is 14.9 Å². The minimum absolute atomic E-state index is 0.0732. The summed E-state index contributed by atoms with van der Waals surface area (Å²) in [5.74, 6) is 0.0732. The van der Waals surface area contributed by atoms with Gasteiger partial charge in [-0.1, -0.05) is 18.3 Å². The molecule has 0 fully saturated rings. The van der Waals surface area contributed by atoms with Gasteiger partial charge in [0.2, 0.25) is 15.2 Å². The third kappa shape index (κ3) is 3.65. The number of hydrogen-bond donors (Lipinski definition) is 2. The molecule has 1 aromatic heterocycles. The number of rotatable bonds is 5. The van der Waals surface area contributed by atoms with Crippen molar-refractivity contribution in [3.63, 3.8) is 0 Å². The van der Waals surface area contributed by atoms with Gasteiger partial charge >= 0.3 is 0 Å². The van der Waals surface area contributed by atoms with E-state index in [-0.39, 0.29) is 10.9 Å². The maximum absolute atomic E-state index is 11.6. The van der Waals surface area contributed by atoms with Crippen LogP contribution in [0.1, 0.15) is 13.3 Å². The molecular formula is C11H14N4O2S2. The molecule has 0 saturated heterocycles. The molecule has 0 bridgehead atoms. The first-order valence-electron chi connectivity index (χ1n) is 5.70. The molecule has 0 aliphatic heterocycles. The maximum Gasteiger partial charge on any atom is 0.234 e. The van der Waals surface area contributed by atoms with E-state index < -0.39 is 10.0 Å². The molecule has 0 spiro atoms. The summed E-state index contributed by atoms with van der Waals surface area (Å²) in [6.45, 7) is 1.80. The summed E-state index contributed by atoms with van der Waals surface area (Å²) >= 11 is 1.19. The minimum Gasteiger partial charge on any atom is -0.399 e. The minimum atomic E-state index is -3.32. The Morgan fingerprint density at radius 1 is 1.26 bits per heavy atom. The highest BCUT2D eigenvalue weighted by Crippen LogP contribution is 2.27. The lowest BCUT2D eigenvalue weighted by molar-refractivity contribution is 0.600. The molecule has 0 unspecified atom stereocenters. The molecule has 0 aliphatic rings. The predicted octanol–water partition coefficient (Wildman–Crippen LogP) is 1.94. The van der Waals surface area contributed by atoms with Crippen molar-refractivity contribution in [2.75, 3.05) is 16.2 Å². The number of nitrogens with zero attached hydrogens (tertiary/aromatic N) is 2. The van der Waals surface area contributed by atoms with Gasteiger partial charge in [0.1, 0.15) is 5.01 Å². The first-order valence-corrected chi connectivity index (χ1v) is 8.17. The summed E-state index contributed by atoms with van der Waals surface area (Å²) in [5, 5.41) is 8.72. The zero-order chi connectivity index (χ0) is 13.9. The Morgan fingerprint density at radius 3 is 2.58 bits per heavy atom. The molecule has 0 radical (unpaired) electrons. The Balaban J connectivity index is 2.18. The summed E-state index contributed by atoms with van der Waals surface area (Å²) in [5.41, 5.74) is 7.12. The third-order valence-electron chi connectivity index (χ3n) is 2.30. The average Bonchev–Trinajstić information content (AvgIpc) is 2.77. The number of aromatic nitrogens is 2. The molecular weight excluding hydrogens is 284 g/mol. The summed E-state index contributed by atoms with van der Waals surface area (Å²) in [7, 11) is -3.32. The third-order valence-corrected chi connectivity index (χ3v) is 4.77. The molecule has 102 valence electrons. The molecule has 6 nitrogen and oxygen atoms in total. The summed E-state index contributed by atoms with van der Waals surface area (Å²) in [6.07, 6.45) is 0.555. The van der Waals surface area contributed by atoms with Crippen molar-refractivity contribution in [1.29, 1.82) is 0 Å². The summed E-state index contributed by atoms with van der Waals surface area (Å²) in [4.78, 5) is 0. The summed E-state index contributed by atoms with van der Waals surface area (Å²) in [6, 6.07) is 7.16. The van der Waals surface area contributed by atoms with E-state index in [0.29, 0.717) is 17.1 Å². The monoisotopic (exact) mass is 298 g/mol. The first-order chi connectivity index (χ1) is 9.00. The van der Waals surface area contributed by atoms with Crippen molar-refractivity contribution in [3.05, 3.63) is 24.3 Å². The normalized spacial score (nSPS) is 11.4. The van der Waals surface area contributed by atoms with Crippen LogP contribution >= 0.6 is 11.3 Å². The van der Waals surface area contributed by atoms with Gasteiger partial charge in [-0.3, -0.25) is 4.72 Å². The SMILES string of the molecule is CCCS(=O)(=O)Nc1nnc(-c2ccc(N)cc2)s1. The first kappa shape index (κ1) is 13.8. The fourth-order valence-electron chi connectivity index (χ4n) is 1.46. The summed E-state index contributed by atoms with van der Waals surface area (Å²) < 4.78 is 25.6. The van der Waals surface area contributed by atoms with Crippen LogP contribution in [0.15, 0.2) is 24.3 Å². The van der Waals surface area contributed by atoms with Crippen molar-refractivity contribution < 1.29 is 8.42 Å². The number of nitrogens with one attached hydrogen (secondary N) is 1. The Labute approximate surface area is 115 Å². The lowest BCUT2D eigenvalue weighted by atomic mass is 10.2. The van der Waals surface area contributed by atoms with E-state index in [9.17, 15) is 8.42 Å². The molecule has 0 atom stereocenters. The molecule has 2 rings (SSSR count). The van der Waals surface area contributed by atoms with E-state index >= 15 is 0 Å². The molecule has 2 aromatic rings. The standard InChI is InChI=1S/C11H14N4O2S2/c1-2-7-19(16,17)15-11-14-13-10(18-11)8-3-5-9(12)6-4-8/h3-6H,2,7,12H2,1H3,(H,14,15). The molecule has 0 aliphatic carbocycles. The van der Waals surface area contributed by atoms with Gasteiger partial charge in [-0.05, 0) is 30.7 Å². The predicted molar refractivity (Wildman–Crippen MR) is 77.5 cm³/mol. The molecule has 0 amide bonds. The van der Waals surface area contributed by atoms with Gasteiger partial charge < -0.3 is 5.73 Å². The second-order valence-corrected chi connectivity index (χ2v) is 6.77. The molecule has 19 heavy (non-hydrogen) atoms. The van der Waals surface area contributed by atoms with E-state index in [1.807, 2.05) is 12.1 Å². The second-order valence-electron chi connectivity index (χ2n) is 3.96. The Hall–Kier alpha value is -1.67. The van der Waals surface area contributed by atoms with Gasteiger partial charge in [-0.25, -0.2) is 8.42 Å². The fraction of sp³-hybridized carbons (Fsp3) is 0.273. The van der Waals surface area contributed by atoms with Crippen molar-refractivity contribution in [2.24, 2.45) is 0 Å². The molecule has 1 aromatic carbocycles. The number of hydrogen-bond acceptors (Lipinski definition) is 6. The van der Waals surface area contributed by atoms with Crippen molar-refractivity contribution >= 4 is 32.2 Å². The number of nitrogen functional groups attached to an aromatic ring is 1. The van der Waals surface area contributed by atoms with Gasteiger partial charge in [0.25, 0.3) is 0 Å². The number of benzene rings is 1. The zero-order valence-electron chi connectivity index (χ0n) is 10.3. The van der Waals surface area contributed by atoms with Crippen LogP contribution in [-0.4, -0.2) is 24.4 Å². The molecule has 1 heterocycles. The van der Waals surface area contributed by atoms with Crippen molar-refractivity contribution in [2.45, 2.75) is 13.3 Å². The molecule has 3 N–H and O–H groups in total. The van der Waals surface area contributed by atoms with Crippen LogP contribution in [0.2, 0.25) is 0 Å². The van der Waals surface area contributed by atoms with Crippen LogP contribution in [0, 0.1) is 0 Å². The van der Waals surface area contributed by atoms with Crippen molar-refractivity contribution in [1.82, 2.24) is 10.2 Å². The van der Waals surface area contributed by atoms with Crippen LogP contribution in [0.25, 0.3) is 10.6 Å². The lowest BCUT2D eigenvalue weighted by Gasteiger charge is -2.01. The largest absolute Gasteiger partial charge is 0.399 e. The van der Waals surface area contributed by atoms with Crippen LogP contribution < -0.4 is 10.5 Å².